The number of amides is 2. The van der Waals surface area contributed by atoms with Crippen molar-refractivity contribution in [1.82, 2.24) is 14.8 Å². The van der Waals surface area contributed by atoms with Crippen LogP contribution in [-0.2, 0) is 27.1 Å². The van der Waals surface area contributed by atoms with Crippen molar-refractivity contribution in [2.45, 2.75) is 12.8 Å². The molecular formula is C15H21N3O4S. The number of thiazole rings is 1. The van der Waals surface area contributed by atoms with Crippen molar-refractivity contribution < 1.29 is 19.1 Å². The Morgan fingerprint density at radius 1 is 1.17 bits per heavy atom. The molecule has 0 unspecified atom stereocenters. The highest BCUT2D eigenvalue weighted by molar-refractivity contribution is 7.13. The van der Waals surface area contributed by atoms with Crippen LogP contribution < -0.4 is 0 Å². The van der Waals surface area contributed by atoms with E-state index in [1.165, 1.54) is 18.4 Å². The normalized spacial score (nSPS) is 18.5. The Labute approximate surface area is 139 Å². The molecule has 2 amide bonds. The Hall–Kier alpha value is -1.51. The lowest BCUT2D eigenvalue weighted by atomic mass is 10.2. The molecule has 1 saturated heterocycles. The van der Waals surface area contributed by atoms with Crippen molar-refractivity contribution in [3.05, 3.63) is 15.6 Å². The number of carbonyl (C=O) groups excluding carboxylic acids is 2. The van der Waals surface area contributed by atoms with Crippen molar-refractivity contribution in [3.8, 4) is 0 Å². The average Bonchev–Trinajstić information content (AvgIpc) is 2.88. The van der Waals surface area contributed by atoms with E-state index in [0.717, 1.165) is 17.0 Å². The number of rotatable bonds is 3. The second kappa shape index (κ2) is 7.37. The van der Waals surface area contributed by atoms with Crippen molar-refractivity contribution in [1.29, 1.82) is 0 Å². The molecule has 1 aromatic heterocycles. The van der Waals surface area contributed by atoms with Gasteiger partial charge in [0, 0.05) is 51.0 Å². The van der Waals surface area contributed by atoms with Gasteiger partial charge in [0.05, 0.1) is 18.9 Å². The number of hydrogen-bond donors (Lipinski definition) is 0. The smallest absolute Gasteiger partial charge is 0.283 e. The van der Waals surface area contributed by atoms with E-state index in [-0.39, 0.29) is 18.4 Å². The van der Waals surface area contributed by atoms with Crippen LogP contribution in [-0.4, -0.2) is 79.7 Å². The second-order valence-electron chi connectivity index (χ2n) is 5.61. The molecule has 0 spiro atoms. The van der Waals surface area contributed by atoms with Gasteiger partial charge in [-0.05, 0) is 0 Å². The molecule has 8 heteroatoms. The molecule has 0 aliphatic carbocycles. The molecule has 0 atom stereocenters. The van der Waals surface area contributed by atoms with Crippen molar-refractivity contribution in [2.75, 3.05) is 53.1 Å². The van der Waals surface area contributed by atoms with E-state index in [4.69, 9.17) is 9.47 Å². The van der Waals surface area contributed by atoms with E-state index < -0.39 is 0 Å². The fourth-order valence-corrected chi connectivity index (χ4v) is 3.89. The van der Waals surface area contributed by atoms with Gasteiger partial charge >= 0.3 is 0 Å². The first-order valence-electron chi connectivity index (χ1n) is 7.81. The number of nitrogens with zero attached hydrogens (tertiary/aromatic N) is 3. The maximum Gasteiger partial charge on any atom is 0.283 e. The van der Waals surface area contributed by atoms with E-state index >= 15 is 0 Å². The lowest BCUT2D eigenvalue weighted by Crippen LogP contribution is -2.40. The van der Waals surface area contributed by atoms with Crippen LogP contribution in [0.5, 0.6) is 0 Å². The Morgan fingerprint density at radius 3 is 2.65 bits per heavy atom. The molecule has 23 heavy (non-hydrogen) atoms. The number of ether oxygens (including phenoxy) is 2. The van der Waals surface area contributed by atoms with Crippen LogP contribution in [0.25, 0.3) is 0 Å². The minimum absolute atomic E-state index is 0.00121. The largest absolute Gasteiger partial charge is 0.378 e. The summed E-state index contributed by atoms with van der Waals surface area (Å²) in [7, 11) is 1.53. The highest BCUT2D eigenvalue weighted by Gasteiger charge is 2.26. The zero-order valence-electron chi connectivity index (χ0n) is 13.2. The summed E-state index contributed by atoms with van der Waals surface area (Å²) < 4.78 is 10.2. The molecule has 0 aromatic carbocycles. The quantitative estimate of drug-likeness (QED) is 0.786. The van der Waals surface area contributed by atoms with E-state index in [1.807, 2.05) is 0 Å². The van der Waals surface area contributed by atoms with Crippen LogP contribution in [0.3, 0.4) is 0 Å². The van der Waals surface area contributed by atoms with E-state index in [9.17, 15) is 9.59 Å². The molecule has 0 saturated carbocycles. The molecule has 7 nitrogen and oxygen atoms in total. The fraction of sp³-hybridized carbons (Fsp3) is 0.667. The van der Waals surface area contributed by atoms with Gasteiger partial charge in [-0.1, -0.05) is 0 Å². The first-order chi connectivity index (χ1) is 11.2. The van der Waals surface area contributed by atoms with Crippen LogP contribution in [0.4, 0.5) is 0 Å². The van der Waals surface area contributed by atoms with Gasteiger partial charge in [0.2, 0.25) is 5.91 Å². The molecular weight excluding hydrogens is 318 g/mol. The molecule has 2 aliphatic rings. The summed E-state index contributed by atoms with van der Waals surface area (Å²) in [6.45, 7) is 3.83. The van der Waals surface area contributed by atoms with Crippen molar-refractivity contribution >= 4 is 23.2 Å². The fourth-order valence-electron chi connectivity index (χ4n) is 2.82. The Bertz CT molecular complexity index is 558. The second-order valence-corrected chi connectivity index (χ2v) is 6.69. The summed E-state index contributed by atoms with van der Waals surface area (Å²) >= 11 is 1.47. The van der Waals surface area contributed by atoms with Gasteiger partial charge in [-0.15, -0.1) is 11.3 Å². The zero-order valence-corrected chi connectivity index (χ0v) is 14.1. The molecule has 3 rings (SSSR count). The predicted octanol–water partition coefficient (Wildman–Crippen LogP) is 0.189. The van der Waals surface area contributed by atoms with Crippen molar-refractivity contribution in [2.24, 2.45) is 0 Å². The molecule has 126 valence electrons. The van der Waals surface area contributed by atoms with Gasteiger partial charge in [-0.25, -0.2) is 4.98 Å². The molecule has 3 heterocycles. The van der Waals surface area contributed by atoms with Gasteiger partial charge in [-0.3, -0.25) is 9.59 Å². The van der Waals surface area contributed by atoms with E-state index in [0.29, 0.717) is 50.8 Å². The minimum atomic E-state index is -0.00121. The summed E-state index contributed by atoms with van der Waals surface area (Å²) in [4.78, 5) is 33.7. The van der Waals surface area contributed by atoms with Gasteiger partial charge in [-0.2, -0.15) is 0 Å². The van der Waals surface area contributed by atoms with Gasteiger partial charge in [0.25, 0.3) is 5.91 Å². The summed E-state index contributed by atoms with van der Waals surface area (Å²) in [5.41, 5.74) is 0.958. The minimum Gasteiger partial charge on any atom is -0.378 e. The number of morpholine rings is 1. The number of aromatic nitrogens is 1. The SMILES string of the molecule is COCC(=O)N1CCc2nc(C(=O)N3CCOCC3)sc2CC1. The molecule has 1 fully saturated rings. The van der Waals surface area contributed by atoms with Gasteiger partial charge in [0.15, 0.2) is 5.01 Å². The van der Waals surface area contributed by atoms with Gasteiger partial charge in [0.1, 0.15) is 6.61 Å². The number of fused-ring (bicyclic) bond motifs is 1. The van der Waals surface area contributed by atoms with E-state index in [2.05, 4.69) is 4.98 Å². The van der Waals surface area contributed by atoms with Crippen LogP contribution in [0, 0.1) is 0 Å². The third kappa shape index (κ3) is 3.70. The molecule has 0 N–H and O–H groups in total. The van der Waals surface area contributed by atoms with Crippen molar-refractivity contribution in [3.63, 3.8) is 0 Å². The maximum atomic E-state index is 12.5. The standard InChI is InChI=1S/C15H21N3O4S/c1-21-10-13(19)17-4-2-11-12(3-5-17)23-14(16-11)15(20)18-6-8-22-9-7-18/h2-10H2,1H3. The third-order valence-electron chi connectivity index (χ3n) is 4.11. The predicted molar refractivity (Wildman–Crippen MR) is 84.7 cm³/mol. The lowest BCUT2D eigenvalue weighted by Gasteiger charge is -2.25. The average molecular weight is 339 g/mol. The molecule has 0 bridgehead atoms. The van der Waals surface area contributed by atoms with Crippen LogP contribution in [0.15, 0.2) is 0 Å². The van der Waals surface area contributed by atoms with Crippen LogP contribution in [0.2, 0.25) is 0 Å². The maximum absolute atomic E-state index is 12.5. The molecule has 0 radical (unpaired) electrons. The van der Waals surface area contributed by atoms with Gasteiger partial charge < -0.3 is 19.3 Å². The molecule has 1 aromatic rings. The Morgan fingerprint density at radius 2 is 1.91 bits per heavy atom. The Balaban J connectivity index is 1.66. The highest BCUT2D eigenvalue weighted by atomic mass is 32.1. The van der Waals surface area contributed by atoms with Crippen LogP contribution >= 0.6 is 11.3 Å². The number of carbonyl (C=O) groups is 2. The summed E-state index contributed by atoms with van der Waals surface area (Å²) in [6, 6.07) is 0. The van der Waals surface area contributed by atoms with E-state index in [1.54, 1.807) is 9.80 Å². The monoisotopic (exact) mass is 339 g/mol. The molecule has 2 aliphatic heterocycles. The summed E-state index contributed by atoms with van der Waals surface area (Å²) in [5.74, 6) is 0.00552. The lowest BCUT2D eigenvalue weighted by molar-refractivity contribution is -0.135. The topological polar surface area (TPSA) is 72.0 Å². The summed E-state index contributed by atoms with van der Waals surface area (Å²) in [6.07, 6.45) is 1.44. The first kappa shape index (κ1) is 16.4. The zero-order chi connectivity index (χ0) is 16.2. The number of hydrogen-bond acceptors (Lipinski definition) is 6. The highest BCUT2D eigenvalue weighted by Crippen LogP contribution is 2.24. The summed E-state index contributed by atoms with van der Waals surface area (Å²) in [5, 5.41) is 0.563. The third-order valence-corrected chi connectivity index (χ3v) is 5.25. The first-order valence-corrected chi connectivity index (χ1v) is 8.63. The number of methoxy groups -OCH3 is 1. The Kier molecular flexibility index (Phi) is 5.24. The van der Waals surface area contributed by atoms with Crippen LogP contribution in [0.1, 0.15) is 20.4 Å².